The van der Waals surface area contributed by atoms with Crippen LogP contribution in [0.2, 0.25) is 0 Å². The maximum atomic E-state index is 12.3. The van der Waals surface area contributed by atoms with Gasteiger partial charge in [-0.1, -0.05) is 22.0 Å². The molecule has 0 aliphatic carbocycles. The van der Waals surface area contributed by atoms with E-state index in [-0.39, 0.29) is 0 Å². The molecular weight excluding hydrogens is 390 g/mol. The highest BCUT2D eigenvalue weighted by Gasteiger charge is 2.36. The maximum Gasteiger partial charge on any atom is 0.410 e. The molecule has 1 aromatic carbocycles. The molecule has 0 saturated carbocycles. The largest absolute Gasteiger partial charge is 0.444 e. The Kier molecular flexibility index (Phi) is 6.05. The van der Waals surface area contributed by atoms with Crippen molar-refractivity contribution in [2.45, 2.75) is 45.3 Å². The van der Waals surface area contributed by atoms with Crippen LogP contribution in [0.4, 0.5) is 4.79 Å². The first-order valence-corrected chi connectivity index (χ1v) is 8.82. The predicted octanol–water partition coefficient (Wildman–Crippen LogP) is 2.61. The van der Waals surface area contributed by atoms with Gasteiger partial charge in [0, 0.05) is 16.6 Å². The Morgan fingerprint density at radius 2 is 1.96 bits per heavy atom. The van der Waals surface area contributed by atoms with Gasteiger partial charge in [-0.15, -0.1) is 0 Å². The van der Waals surface area contributed by atoms with E-state index in [9.17, 15) is 14.4 Å². The zero-order chi connectivity index (χ0) is 18.6. The highest BCUT2D eigenvalue weighted by atomic mass is 79.9. The molecule has 1 aliphatic rings. The fourth-order valence-corrected chi connectivity index (χ4v) is 2.88. The van der Waals surface area contributed by atoms with Gasteiger partial charge in [0.05, 0.1) is 0 Å². The summed E-state index contributed by atoms with van der Waals surface area (Å²) < 4.78 is 6.09. The van der Waals surface area contributed by atoms with Crippen LogP contribution in [0.1, 0.15) is 44.0 Å². The molecule has 2 N–H and O–H groups in total. The Morgan fingerprint density at radius 3 is 2.60 bits per heavy atom. The van der Waals surface area contributed by atoms with Crippen LogP contribution in [0.3, 0.4) is 0 Å². The van der Waals surface area contributed by atoms with Crippen LogP contribution in [0, 0.1) is 0 Å². The number of hydrogen-bond donors (Lipinski definition) is 2. The van der Waals surface area contributed by atoms with Crippen molar-refractivity contribution in [3.8, 4) is 0 Å². The molecule has 1 aromatic rings. The quantitative estimate of drug-likeness (QED) is 0.732. The van der Waals surface area contributed by atoms with Crippen molar-refractivity contribution in [1.82, 2.24) is 15.8 Å². The van der Waals surface area contributed by atoms with Gasteiger partial charge in [-0.3, -0.25) is 25.3 Å². The summed E-state index contributed by atoms with van der Waals surface area (Å²) >= 11 is 3.29. The number of rotatable bonds is 2. The summed E-state index contributed by atoms with van der Waals surface area (Å²) in [7, 11) is 0. The van der Waals surface area contributed by atoms with Crippen LogP contribution < -0.4 is 10.9 Å². The molecule has 8 heteroatoms. The summed E-state index contributed by atoms with van der Waals surface area (Å²) in [5, 5.41) is 0. The molecule has 0 radical (unpaired) electrons. The highest BCUT2D eigenvalue weighted by Crippen LogP contribution is 2.20. The average Bonchev–Trinajstić information content (AvgIpc) is 3.00. The summed E-state index contributed by atoms with van der Waals surface area (Å²) in [5.74, 6) is -0.872. The summed E-state index contributed by atoms with van der Waals surface area (Å²) in [6.45, 7) is 5.77. The van der Waals surface area contributed by atoms with E-state index in [1.807, 2.05) is 0 Å². The van der Waals surface area contributed by atoms with E-state index in [1.165, 1.54) is 4.90 Å². The van der Waals surface area contributed by atoms with E-state index in [0.717, 1.165) is 4.47 Å². The molecule has 0 bridgehead atoms. The number of ether oxygens (including phenoxy) is 1. The van der Waals surface area contributed by atoms with Crippen molar-refractivity contribution in [2.24, 2.45) is 0 Å². The van der Waals surface area contributed by atoms with Gasteiger partial charge < -0.3 is 4.74 Å². The van der Waals surface area contributed by atoms with Gasteiger partial charge in [0.1, 0.15) is 11.6 Å². The number of hydrazine groups is 1. The molecule has 2 rings (SSSR count). The van der Waals surface area contributed by atoms with Gasteiger partial charge in [0.25, 0.3) is 11.8 Å². The molecule has 136 valence electrons. The number of halogens is 1. The maximum absolute atomic E-state index is 12.3. The minimum atomic E-state index is -0.655. The fourth-order valence-electron chi connectivity index (χ4n) is 2.48. The third-order valence-electron chi connectivity index (χ3n) is 3.57. The standard InChI is InChI=1S/C17H22BrN3O4/c1-17(2,3)25-16(24)21-9-5-8-13(21)15(23)20-19-14(22)11-6-4-7-12(18)10-11/h4,6-7,10,13H,5,8-9H2,1-3H3,(H,19,22)(H,20,23). The van der Waals surface area contributed by atoms with Crippen molar-refractivity contribution in [1.29, 1.82) is 0 Å². The van der Waals surface area contributed by atoms with Gasteiger partial charge >= 0.3 is 6.09 Å². The molecule has 3 amide bonds. The molecule has 1 aliphatic heterocycles. The molecule has 7 nitrogen and oxygen atoms in total. The smallest absolute Gasteiger partial charge is 0.410 e. The second-order valence-electron chi connectivity index (χ2n) is 6.79. The number of carbonyl (C=O) groups excluding carboxylic acids is 3. The first kappa shape index (κ1) is 19.2. The van der Waals surface area contributed by atoms with Gasteiger partial charge in [-0.2, -0.15) is 0 Å². The van der Waals surface area contributed by atoms with E-state index in [1.54, 1.807) is 45.0 Å². The van der Waals surface area contributed by atoms with Crippen molar-refractivity contribution < 1.29 is 19.1 Å². The Bertz CT molecular complexity index is 672. The summed E-state index contributed by atoms with van der Waals surface area (Å²) in [5.41, 5.74) is 4.54. The van der Waals surface area contributed by atoms with Gasteiger partial charge in [0.15, 0.2) is 0 Å². The third kappa shape index (κ3) is 5.45. The third-order valence-corrected chi connectivity index (χ3v) is 4.06. The SMILES string of the molecule is CC(C)(C)OC(=O)N1CCCC1C(=O)NNC(=O)c1cccc(Br)c1. The minimum Gasteiger partial charge on any atom is -0.444 e. The first-order chi connectivity index (χ1) is 11.7. The Morgan fingerprint density at radius 1 is 1.24 bits per heavy atom. The second-order valence-corrected chi connectivity index (χ2v) is 7.70. The fraction of sp³-hybridized carbons (Fsp3) is 0.471. The Balaban J connectivity index is 1.93. The number of carbonyl (C=O) groups is 3. The number of likely N-dealkylation sites (tertiary alicyclic amines) is 1. The van der Waals surface area contributed by atoms with Gasteiger partial charge in [0.2, 0.25) is 0 Å². The topological polar surface area (TPSA) is 87.7 Å². The summed E-state index contributed by atoms with van der Waals surface area (Å²) in [6, 6.07) is 6.14. The zero-order valence-electron chi connectivity index (χ0n) is 14.5. The second kappa shape index (κ2) is 7.86. The molecule has 0 spiro atoms. The molecular formula is C17H22BrN3O4. The van der Waals surface area contributed by atoms with Crippen molar-refractivity contribution in [3.63, 3.8) is 0 Å². The van der Waals surface area contributed by atoms with Crippen LogP contribution in [-0.2, 0) is 9.53 Å². The van der Waals surface area contributed by atoms with E-state index in [0.29, 0.717) is 24.9 Å². The van der Waals surface area contributed by atoms with Crippen molar-refractivity contribution in [2.75, 3.05) is 6.54 Å². The normalized spacial score (nSPS) is 17.1. The number of nitrogens with one attached hydrogen (secondary N) is 2. The predicted molar refractivity (Wildman–Crippen MR) is 95.7 cm³/mol. The zero-order valence-corrected chi connectivity index (χ0v) is 16.1. The summed E-state index contributed by atoms with van der Waals surface area (Å²) in [6.07, 6.45) is 0.706. The van der Waals surface area contributed by atoms with Gasteiger partial charge in [-0.25, -0.2) is 4.79 Å². The lowest BCUT2D eigenvalue weighted by Gasteiger charge is -2.28. The van der Waals surface area contributed by atoms with Crippen molar-refractivity contribution >= 4 is 33.8 Å². The van der Waals surface area contributed by atoms with Crippen LogP contribution in [0.15, 0.2) is 28.7 Å². The molecule has 1 saturated heterocycles. The molecule has 1 unspecified atom stereocenters. The Labute approximate surface area is 155 Å². The summed E-state index contributed by atoms with van der Waals surface area (Å²) in [4.78, 5) is 38.0. The Hall–Kier alpha value is -2.09. The number of amides is 3. The lowest BCUT2D eigenvalue weighted by Crippen LogP contribution is -2.52. The molecule has 1 fully saturated rings. The van der Waals surface area contributed by atoms with E-state index < -0.39 is 29.6 Å². The van der Waals surface area contributed by atoms with E-state index >= 15 is 0 Å². The lowest BCUT2D eigenvalue weighted by molar-refractivity contribution is -0.126. The van der Waals surface area contributed by atoms with Crippen LogP contribution in [-0.4, -0.2) is 41.0 Å². The highest BCUT2D eigenvalue weighted by molar-refractivity contribution is 9.10. The van der Waals surface area contributed by atoms with Crippen LogP contribution in [0.25, 0.3) is 0 Å². The van der Waals surface area contributed by atoms with E-state index in [2.05, 4.69) is 26.8 Å². The van der Waals surface area contributed by atoms with Crippen LogP contribution >= 0.6 is 15.9 Å². The molecule has 1 atom stereocenters. The van der Waals surface area contributed by atoms with E-state index in [4.69, 9.17) is 4.74 Å². The minimum absolute atomic E-state index is 0.407. The molecule has 0 aromatic heterocycles. The average molecular weight is 412 g/mol. The lowest BCUT2D eigenvalue weighted by atomic mass is 10.2. The monoisotopic (exact) mass is 411 g/mol. The number of hydrogen-bond acceptors (Lipinski definition) is 4. The van der Waals surface area contributed by atoms with Gasteiger partial charge in [-0.05, 0) is 51.8 Å². The molecule has 25 heavy (non-hydrogen) atoms. The first-order valence-electron chi connectivity index (χ1n) is 8.03. The number of nitrogens with zero attached hydrogens (tertiary/aromatic N) is 1. The van der Waals surface area contributed by atoms with Crippen LogP contribution in [0.5, 0.6) is 0 Å². The van der Waals surface area contributed by atoms with Crippen molar-refractivity contribution in [3.05, 3.63) is 34.3 Å². The molecule has 1 heterocycles. The number of benzene rings is 1.